The molecule has 6 nitrogen and oxygen atoms in total. The summed E-state index contributed by atoms with van der Waals surface area (Å²) in [6, 6.07) is 15.6. The van der Waals surface area contributed by atoms with Crippen LogP contribution >= 0.6 is 0 Å². The minimum absolute atomic E-state index is 0.0887. The first-order valence-corrected chi connectivity index (χ1v) is 9.23. The van der Waals surface area contributed by atoms with Crippen molar-refractivity contribution in [1.82, 2.24) is 10.3 Å². The Hall–Kier alpha value is -2.80. The molecule has 24 heavy (non-hydrogen) atoms. The second kappa shape index (κ2) is 6.37. The van der Waals surface area contributed by atoms with Gasteiger partial charge in [-0.05, 0) is 29.7 Å². The third-order valence-corrected chi connectivity index (χ3v) is 4.71. The second-order valence-electron chi connectivity index (χ2n) is 5.46. The van der Waals surface area contributed by atoms with E-state index < -0.39 is 15.9 Å². The van der Waals surface area contributed by atoms with Crippen LogP contribution in [0.1, 0.15) is 5.69 Å². The number of urea groups is 1. The largest absolute Gasteiger partial charge is 0.357 e. The molecule has 0 radical (unpaired) electrons. The predicted molar refractivity (Wildman–Crippen MR) is 93.7 cm³/mol. The maximum Gasteiger partial charge on any atom is 0.319 e. The number of para-hydroxylation sites is 2. The van der Waals surface area contributed by atoms with E-state index >= 15 is 0 Å². The Morgan fingerprint density at radius 3 is 2.54 bits per heavy atom. The third kappa shape index (κ3) is 3.57. The zero-order valence-corrected chi connectivity index (χ0v) is 13.9. The Bertz CT molecular complexity index is 960. The lowest BCUT2D eigenvalue weighted by molar-refractivity contribution is 0.251. The summed E-state index contributed by atoms with van der Waals surface area (Å²) in [4.78, 5) is 15.3. The summed E-state index contributed by atoms with van der Waals surface area (Å²) in [6.07, 6.45) is 1.11. The summed E-state index contributed by atoms with van der Waals surface area (Å²) >= 11 is 0. The molecule has 2 amide bonds. The quantitative estimate of drug-likeness (QED) is 0.680. The molecule has 0 fully saturated rings. The minimum atomic E-state index is -3.41. The first kappa shape index (κ1) is 16.1. The fraction of sp³-hybridized carbons (Fsp3) is 0.118. The molecule has 3 rings (SSSR count). The number of nitrogens with one attached hydrogen (secondary N) is 3. The van der Waals surface area contributed by atoms with Gasteiger partial charge in [0.2, 0.25) is 0 Å². The normalized spacial score (nSPS) is 11.4. The van der Waals surface area contributed by atoms with E-state index in [4.69, 9.17) is 0 Å². The van der Waals surface area contributed by atoms with E-state index in [1.165, 1.54) is 6.07 Å². The van der Waals surface area contributed by atoms with Gasteiger partial charge in [-0.25, -0.2) is 13.2 Å². The van der Waals surface area contributed by atoms with Crippen molar-refractivity contribution < 1.29 is 13.2 Å². The van der Waals surface area contributed by atoms with E-state index in [9.17, 15) is 13.2 Å². The highest BCUT2D eigenvalue weighted by Gasteiger charge is 2.14. The molecule has 3 N–H and O–H groups in total. The number of carbonyl (C=O) groups excluding carboxylic acids is 1. The summed E-state index contributed by atoms with van der Waals surface area (Å²) in [7, 11) is -3.41. The Labute approximate surface area is 139 Å². The van der Waals surface area contributed by atoms with Crippen LogP contribution in [0.15, 0.2) is 59.5 Å². The van der Waals surface area contributed by atoms with Crippen LogP contribution in [-0.4, -0.2) is 25.7 Å². The van der Waals surface area contributed by atoms with Gasteiger partial charge in [0.1, 0.15) is 0 Å². The number of hydrogen-bond donors (Lipinski definition) is 3. The number of amides is 2. The van der Waals surface area contributed by atoms with Crippen molar-refractivity contribution >= 4 is 32.5 Å². The standard InChI is InChI=1S/C17H17N3O3S/c1-24(22,23)16-9-5-4-8-15(16)20-17(21)18-11-13-10-12-6-2-3-7-14(12)19-13/h2-10,19H,11H2,1H3,(H2,18,20,21). The van der Waals surface area contributed by atoms with Crippen LogP contribution in [0.2, 0.25) is 0 Å². The number of rotatable bonds is 4. The lowest BCUT2D eigenvalue weighted by Gasteiger charge is -2.10. The van der Waals surface area contributed by atoms with Crippen LogP contribution < -0.4 is 10.6 Å². The van der Waals surface area contributed by atoms with Gasteiger partial charge in [0.25, 0.3) is 0 Å². The van der Waals surface area contributed by atoms with Gasteiger partial charge in [-0.1, -0.05) is 30.3 Å². The molecular formula is C17H17N3O3S. The summed E-state index contributed by atoms with van der Waals surface area (Å²) in [5.41, 5.74) is 2.12. The van der Waals surface area contributed by atoms with Gasteiger partial charge in [0.15, 0.2) is 9.84 Å². The summed E-state index contributed by atoms with van der Waals surface area (Å²) in [5, 5.41) is 6.36. The van der Waals surface area contributed by atoms with Gasteiger partial charge >= 0.3 is 6.03 Å². The smallest absolute Gasteiger partial charge is 0.319 e. The van der Waals surface area contributed by atoms with Gasteiger partial charge in [0, 0.05) is 17.5 Å². The number of H-pyrrole nitrogens is 1. The highest BCUT2D eigenvalue weighted by atomic mass is 32.2. The number of aromatic amines is 1. The van der Waals surface area contributed by atoms with Crippen molar-refractivity contribution in [3.8, 4) is 0 Å². The Balaban J connectivity index is 1.68. The van der Waals surface area contributed by atoms with E-state index in [2.05, 4.69) is 15.6 Å². The molecular weight excluding hydrogens is 326 g/mol. The Morgan fingerprint density at radius 2 is 1.79 bits per heavy atom. The van der Waals surface area contributed by atoms with Crippen molar-refractivity contribution in [3.05, 3.63) is 60.3 Å². The first-order valence-electron chi connectivity index (χ1n) is 7.34. The van der Waals surface area contributed by atoms with Gasteiger partial charge in [-0.15, -0.1) is 0 Å². The second-order valence-corrected chi connectivity index (χ2v) is 7.44. The molecule has 3 aromatic rings. The maximum absolute atomic E-state index is 12.0. The lowest BCUT2D eigenvalue weighted by Crippen LogP contribution is -2.28. The fourth-order valence-corrected chi connectivity index (χ4v) is 3.31. The van der Waals surface area contributed by atoms with Crippen molar-refractivity contribution in [1.29, 1.82) is 0 Å². The zero-order valence-electron chi connectivity index (χ0n) is 13.0. The van der Waals surface area contributed by atoms with Gasteiger partial charge in [-0.3, -0.25) is 0 Å². The highest BCUT2D eigenvalue weighted by Crippen LogP contribution is 2.20. The molecule has 0 unspecified atom stereocenters. The SMILES string of the molecule is CS(=O)(=O)c1ccccc1NC(=O)NCc1cc2ccccc2[nH]1. The molecule has 124 valence electrons. The van der Waals surface area contributed by atoms with E-state index in [0.29, 0.717) is 6.54 Å². The van der Waals surface area contributed by atoms with E-state index in [1.54, 1.807) is 18.2 Å². The first-order chi connectivity index (χ1) is 11.4. The van der Waals surface area contributed by atoms with E-state index in [-0.39, 0.29) is 10.6 Å². The average molecular weight is 343 g/mol. The van der Waals surface area contributed by atoms with Crippen LogP contribution in [0.4, 0.5) is 10.5 Å². The molecule has 0 bridgehead atoms. The number of anilines is 1. The molecule has 0 atom stereocenters. The molecule has 1 heterocycles. The van der Waals surface area contributed by atoms with Gasteiger partial charge < -0.3 is 15.6 Å². The van der Waals surface area contributed by atoms with Crippen molar-refractivity contribution in [2.24, 2.45) is 0 Å². The molecule has 0 aliphatic rings. The fourth-order valence-electron chi connectivity index (χ4n) is 2.46. The maximum atomic E-state index is 12.0. The summed E-state index contributed by atoms with van der Waals surface area (Å²) in [6.45, 7) is 0.307. The molecule has 0 aliphatic heterocycles. The number of fused-ring (bicyclic) bond motifs is 1. The van der Waals surface area contributed by atoms with E-state index in [0.717, 1.165) is 22.9 Å². The molecule has 0 aliphatic carbocycles. The van der Waals surface area contributed by atoms with Crippen LogP contribution in [-0.2, 0) is 16.4 Å². The minimum Gasteiger partial charge on any atom is -0.357 e. The van der Waals surface area contributed by atoms with Crippen LogP contribution in [0.25, 0.3) is 10.9 Å². The number of aromatic nitrogens is 1. The average Bonchev–Trinajstić information content (AvgIpc) is 2.95. The number of sulfone groups is 1. The van der Waals surface area contributed by atoms with Crippen LogP contribution in [0.5, 0.6) is 0 Å². The molecule has 7 heteroatoms. The Morgan fingerprint density at radius 1 is 1.08 bits per heavy atom. The van der Waals surface area contributed by atoms with E-state index in [1.807, 2.05) is 30.3 Å². The number of carbonyl (C=O) groups is 1. The van der Waals surface area contributed by atoms with Crippen molar-refractivity contribution in [2.75, 3.05) is 11.6 Å². The third-order valence-electron chi connectivity index (χ3n) is 3.56. The predicted octanol–water partition coefficient (Wildman–Crippen LogP) is 2.89. The lowest BCUT2D eigenvalue weighted by atomic mass is 10.2. The zero-order chi connectivity index (χ0) is 17.2. The molecule has 0 spiro atoms. The number of hydrogen-bond acceptors (Lipinski definition) is 3. The molecule has 1 aromatic heterocycles. The highest BCUT2D eigenvalue weighted by molar-refractivity contribution is 7.90. The topological polar surface area (TPSA) is 91.1 Å². The van der Waals surface area contributed by atoms with Crippen LogP contribution in [0, 0.1) is 0 Å². The molecule has 0 saturated heterocycles. The molecule has 0 saturated carbocycles. The summed E-state index contributed by atoms with van der Waals surface area (Å²) < 4.78 is 23.5. The van der Waals surface area contributed by atoms with Crippen molar-refractivity contribution in [3.63, 3.8) is 0 Å². The summed E-state index contributed by atoms with van der Waals surface area (Å²) in [5.74, 6) is 0. The monoisotopic (exact) mass is 343 g/mol. The molecule has 2 aromatic carbocycles. The van der Waals surface area contributed by atoms with Crippen LogP contribution in [0.3, 0.4) is 0 Å². The Kier molecular flexibility index (Phi) is 4.26. The van der Waals surface area contributed by atoms with Gasteiger partial charge in [0.05, 0.1) is 17.1 Å². The van der Waals surface area contributed by atoms with Crippen molar-refractivity contribution in [2.45, 2.75) is 11.4 Å². The number of benzene rings is 2. The van der Waals surface area contributed by atoms with Gasteiger partial charge in [-0.2, -0.15) is 0 Å².